The largest absolute Gasteiger partial charge is 0.455 e. The predicted octanol–water partition coefficient (Wildman–Crippen LogP) is 0.779. The number of fused-ring (bicyclic) bond motifs is 2. The Kier molecular flexibility index (Phi) is 1.85. The van der Waals surface area contributed by atoms with E-state index in [1.54, 1.807) is 0 Å². The van der Waals surface area contributed by atoms with Crippen LogP contribution in [0.1, 0.15) is 0 Å². The molecule has 2 rings (SSSR count). The highest BCUT2D eigenvalue weighted by atomic mass is 16.3. The average Bonchev–Trinajstić information content (AvgIpc) is 2.65. The quantitative estimate of drug-likeness (QED) is 0.464. The van der Waals surface area contributed by atoms with E-state index in [-0.39, 0.29) is 6.61 Å². The van der Waals surface area contributed by atoms with Gasteiger partial charge in [-0.2, -0.15) is 0 Å². The van der Waals surface area contributed by atoms with Crippen LogP contribution >= 0.6 is 0 Å². The molecule has 0 fully saturated rings. The number of hydrogen-bond acceptors (Lipinski definition) is 4. The van der Waals surface area contributed by atoms with Gasteiger partial charge in [-0.1, -0.05) is 0 Å². The fourth-order valence-corrected chi connectivity index (χ4v) is 1.10. The van der Waals surface area contributed by atoms with Crippen LogP contribution in [0.25, 0.3) is 11.2 Å². The SMILES string of the molecule is OCCNNc1cc2ccc1o2. The van der Waals surface area contributed by atoms with E-state index in [2.05, 4.69) is 10.9 Å². The average molecular weight is 166 g/mol. The molecule has 4 nitrogen and oxygen atoms in total. The van der Waals surface area contributed by atoms with Crippen molar-refractivity contribution in [2.45, 2.75) is 0 Å². The van der Waals surface area contributed by atoms with Gasteiger partial charge in [0.2, 0.25) is 0 Å². The normalized spacial score (nSPS) is 11.1. The van der Waals surface area contributed by atoms with Gasteiger partial charge in [-0.15, -0.1) is 0 Å². The highest BCUT2D eigenvalue weighted by Crippen LogP contribution is 2.25. The third-order valence-corrected chi connectivity index (χ3v) is 1.64. The summed E-state index contributed by atoms with van der Waals surface area (Å²) in [6, 6.07) is 5.71. The van der Waals surface area contributed by atoms with Crippen molar-refractivity contribution in [1.82, 2.24) is 5.43 Å². The summed E-state index contributed by atoms with van der Waals surface area (Å²) in [5, 5.41) is 8.49. The molecule has 2 bridgehead atoms. The van der Waals surface area contributed by atoms with E-state index in [4.69, 9.17) is 9.52 Å². The first-order valence-electron chi connectivity index (χ1n) is 3.82. The third-order valence-electron chi connectivity index (χ3n) is 1.64. The topological polar surface area (TPSA) is 57.4 Å². The first kappa shape index (κ1) is 7.39. The molecule has 0 aliphatic heterocycles. The summed E-state index contributed by atoms with van der Waals surface area (Å²) in [4.78, 5) is 0. The molecule has 0 aromatic carbocycles. The summed E-state index contributed by atoms with van der Waals surface area (Å²) in [7, 11) is 0. The molecule has 2 aromatic rings. The summed E-state index contributed by atoms with van der Waals surface area (Å²) in [5.74, 6) is 0. The number of furan rings is 2. The summed E-state index contributed by atoms with van der Waals surface area (Å²) in [6.07, 6.45) is 0. The number of aliphatic hydroxyl groups is 1. The van der Waals surface area contributed by atoms with Crippen molar-refractivity contribution in [3.05, 3.63) is 18.2 Å². The lowest BCUT2D eigenvalue weighted by Gasteiger charge is -2.03. The smallest absolute Gasteiger partial charge is 0.152 e. The van der Waals surface area contributed by atoms with Gasteiger partial charge in [0.25, 0.3) is 0 Å². The molecule has 0 radical (unpaired) electrons. The Hall–Kier alpha value is -1.26. The number of benzene rings is 1. The first-order valence-corrected chi connectivity index (χ1v) is 3.82. The number of rotatable bonds is 4. The fourth-order valence-electron chi connectivity index (χ4n) is 1.10. The van der Waals surface area contributed by atoms with Crippen LogP contribution in [0, 0.1) is 0 Å². The van der Waals surface area contributed by atoms with E-state index in [1.165, 1.54) is 0 Å². The van der Waals surface area contributed by atoms with Gasteiger partial charge in [0.05, 0.1) is 12.3 Å². The second kappa shape index (κ2) is 3.00. The van der Waals surface area contributed by atoms with Crippen LogP contribution in [0.3, 0.4) is 0 Å². The monoisotopic (exact) mass is 166 g/mol. The highest BCUT2D eigenvalue weighted by Gasteiger charge is 2.04. The molecule has 2 aromatic heterocycles. The van der Waals surface area contributed by atoms with Gasteiger partial charge in [0.1, 0.15) is 5.58 Å². The lowest BCUT2D eigenvalue weighted by atomic mass is 10.3. The molecule has 4 heteroatoms. The van der Waals surface area contributed by atoms with E-state index < -0.39 is 0 Å². The Bertz CT molecular complexity index is 344. The predicted molar refractivity (Wildman–Crippen MR) is 46.1 cm³/mol. The molecule has 12 heavy (non-hydrogen) atoms. The van der Waals surface area contributed by atoms with Crippen LogP contribution in [0.5, 0.6) is 0 Å². The summed E-state index contributed by atoms with van der Waals surface area (Å²) >= 11 is 0. The van der Waals surface area contributed by atoms with Crippen LogP contribution in [0.15, 0.2) is 22.6 Å². The Labute approximate surface area is 69.5 Å². The Morgan fingerprint density at radius 1 is 1.42 bits per heavy atom. The number of hydrazine groups is 1. The molecule has 0 amide bonds. The number of nitrogens with one attached hydrogen (secondary N) is 2. The van der Waals surface area contributed by atoms with Crippen molar-refractivity contribution in [2.75, 3.05) is 18.6 Å². The minimum atomic E-state index is 0.114. The van der Waals surface area contributed by atoms with E-state index in [1.807, 2.05) is 18.2 Å². The molecule has 0 saturated heterocycles. The maximum Gasteiger partial charge on any atom is 0.152 e. The van der Waals surface area contributed by atoms with Crippen LogP contribution in [-0.2, 0) is 0 Å². The standard InChI is InChI=1S/C8H10N2O2/c11-4-3-9-10-7-5-6-1-2-8(7)12-6/h1-2,5,9-11H,3-4H2. The maximum atomic E-state index is 8.49. The summed E-state index contributed by atoms with van der Waals surface area (Å²) < 4.78 is 5.28. The van der Waals surface area contributed by atoms with Gasteiger partial charge in [-0.25, -0.2) is 5.43 Å². The number of hydrogen-bond donors (Lipinski definition) is 3. The second-order valence-electron chi connectivity index (χ2n) is 2.54. The maximum absolute atomic E-state index is 8.49. The molecule has 64 valence electrons. The van der Waals surface area contributed by atoms with E-state index in [9.17, 15) is 0 Å². The van der Waals surface area contributed by atoms with Crippen molar-refractivity contribution in [2.24, 2.45) is 0 Å². The highest BCUT2D eigenvalue weighted by molar-refractivity contribution is 5.78. The molecule has 0 atom stereocenters. The van der Waals surface area contributed by atoms with Gasteiger partial charge in [-0.05, 0) is 12.1 Å². The zero-order valence-electron chi connectivity index (χ0n) is 6.50. The van der Waals surface area contributed by atoms with E-state index in [0.29, 0.717) is 6.54 Å². The van der Waals surface area contributed by atoms with Crippen molar-refractivity contribution in [3.8, 4) is 0 Å². The van der Waals surface area contributed by atoms with Gasteiger partial charge < -0.3 is 14.9 Å². The number of anilines is 1. The van der Waals surface area contributed by atoms with Gasteiger partial charge in [0, 0.05) is 12.6 Å². The van der Waals surface area contributed by atoms with Crippen LogP contribution in [-0.4, -0.2) is 18.3 Å². The zero-order valence-corrected chi connectivity index (χ0v) is 6.50. The van der Waals surface area contributed by atoms with E-state index >= 15 is 0 Å². The fraction of sp³-hybridized carbons (Fsp3) is 0.250. The first-order chi connectivity index (χ1) is 5.90. The Morgan fingerprint density at radius 2 is 2.33 bits per heavy atom. The second-order valence-corrected chi connectivity index (χ2v) is 2.54. The van der Waals surface area contributed by atoms with Crippen molar-refractivity contribution >= 4 is 16.9 Å². The summed E-state index contributed by atoms with van der Waals surface area (Å²) in [6.45, 7) is 0.631. The van der Waals surface area contributed by atoms with Gasteiger partial charge in [-0.3, -0.25) is 0 Å². The van der Waals surface area contributed by atoms with Crippen molar-refractivity contribution in [3.63, 3.8) is 0 Å². The van der Waals surface area contributed by atoms with E-state index in [0.717, 1.165) is 16.9 Å². The minimum Gasteiger partial charge on any atom is -0.455 e. The lowest BCUT2D eigenvalue weighted by Crippen LogP contribution is -2.24. The minimum absolute atomic E-state index is 0.114. The molecule has 0 aliphatic carbocycles. The van der Waals surface area contributed by atoms with Crippen LogP contribution in [0.2, 0.25) is 0 Å². The van der Waals surface area contributed by atoms with Crippen molar-refractivity contribution < 1.29 is 9.52 Å². The zero-order chi connectivity index (χ0) is 8.39. The Morgan fingerprint density at radius 3 is 2.92 bits per heavy atom. The third kappa shape index (κ3) is 1.22. The molecule has 0 spiro atoms. The van der Waals surface area contributed by atoms with Gasteiger partial charge >= 0.3 is 0 Å². The molecule has 0 saturated carbocycles. The molecule has 0 unspecified atom stereocenters. The lowest BCUT2D eigenvalue weighted by molar-refractivity contribution is 0.296. The molecule has 0 aliphatic rings. The van der Waals surface area contributed by atoms with Gasteiger partial charge in [0.15, 0.2) is 5.58 Å². The molecule has 2 heterocycles. The van der Waals surface area contributed by atoms with Crippen molar-refractivity contribution in [1.29, 1.82) is 0 Å². The van der Waals surface area contributed by atoms with Crippen LogP contribution in [0.4, 0.5) is 5.69 Å². The molecular formula is C8H10N2O2. The molecule has 3 N–H and O–H groups in total. The molecular weight excluding hydrogens is 156 g/mol. The Balaban J connectivity index is 1.99. The summed E-state index contributed by atoms with van der Waals surface area (Å²) in [5.41, 5.74) is 8.38. The number of aliphatic hydroxyl groups excluding tert-OH is 1. The van der Waals surface area contributed by atoms with Crippen LogP contribution < -0.4 is 10.9 Å².